The predicted molar refractivity (Wildman–Crippen MR) is 59.7 cm³/mol. The lowest BCUT2D eigenvalue weighted by molar-refractivity contribution is 0.399. The summed E-state index contributed by atoms with van der Waals surface area (Å²) in [7, 11) is 0. The van der Waals surface area contributed by atoms with Gasteiger partial charge in [-0.3, -0.25) is 0 Å². The molecular formula is C10H18BrN. The molecule has 1 nitrogen and oxygen atoms in total. The van der Waals surface area contributed by atoms with Crippen molar-refractivity contribution in [2.75, 3.05) is 13.1 Å². The van der Waals surface area contributed by atoms with Gasteiger partial charge in [0.05, 0.1) is 0 Å². The van der Waals surface area contributed by atoms with Crippen molar-refractivity contribution in [1.29, 1.82) is 0 Å². The Morgan fingerprint density at radius 3 is 2.75 bits per heavy atom. The van der Waals surface area contributed by atoms with Crippen molar-refractivity contribution >= 4 is 17.0 Å². The number of nitrogens with zero attached hydrogens (tertiary/aromatic N) is 1. The molecule has 0 bridgehead atoms. The predicted octanol–water partition coefficient (Wildman–Crippen LogP) is 3.14. The van der Waals surface area contributed by atoms with Gasteiger partial charge < -0.3 is 4.90 Å². The van der Waals surface area contributed by atoms with E-state index < -0.39 is 0 Å². The molecular weight excluding hydrogens is 214 g/mol. The van der Waals surface area contributed by atoms with Crippen LogP contribution in [0, 0.1) is 0 Å². The third kappa shape index (κ3) is 3.96. The van der Waals surface area contributed by atoms with Gasteiger partial charge in [0.1, 0.15) is 0 Å². The topological polar surface area (TPSA) is 3.24 Å². The van der Waals surface area contributed by atoms with Crippen molar-refractivity contribution in [2.45, 2.75) is 26.7 Å². The first-order valence-electron chi connectivity index (χ1n) is 4.42. The summed E-state index contributed by atoms with van der Waals surface area (Å²) in [6.45, 7) is 6.68. The highest BCUT2D eigenvalue weighted by Crippen LogP contribution is 2.06. The van der Waals surface area contributed by atoms with Gasteiger partial charge in [0.15, 0.2) is 0 Å². The van der Waals surface area contributed by atoms with Crippen LogP contribution in [0.15, 0.2) is 23.9 Å². The van der Waals surface area contributed by atoms with Gasteiger partial charge in [-0.1, -0.05) is 25.0 Å². The van der Waals surface area contributed by atoms with Gasteiger partial charge in [-0.15, -0.1) is 17.0 Å². The Balaban J connectivity index is 0.00000121. The quantitative estimate of drug-likeness (QED) is 0.722. The van der Waals surface area contributed by atoms with E-state index in [2.05, 4.69) is 37.1 Å². The Kier molecular flexibility index (Phi) is 6.17. The van der Waals surface area contributed by atoms with Crippen LogP contribution in [-0.2, 0) is 0 Å². The van der Waals surface area contributed by atoms with Gasteiger partial charge in [0.25, 0.3) is 0 Å². The van der Waals surface area contributed by atoms with Crippen LogP contribution in [-0.4, -0.2) is 18.0 Å². The molecule has 0 N–H and O–H groups in total. The van der Waals surface area contributed by atoms with E-state index in [9.17, 15) is 0 Å². The Morgan fingerprint density at radius 1 is 1.50 bits per heavy atom. The minimum absolute atomic E-state index is 0. The van der Waals surface area contributed by atoms with E-state index in [1.54, 1.807) is 0 Å². The number of hydrogen-bond acceptors (Lipinski definition) is 1. The third-order valence-electron chi connectivity index (χ3n) is 1.99. The second kappa shape index (κ2) is 6.30. The van der Waals surface area contributed by atoms with Crippen molar-refractivity contribution < 1.29 is 0 Å². The zero-order valence-corrected chi connectivity index (χ0v) is 9.63. The summed E-state index contributed by atoms with van der Waals surface area (Å²) in [5.74, 6) is 0. The minimum Gasteiger partial charge on any atom is -0.374 e. The van der Waals surface area contributed by atoms with Crippen molar-refractivity contribution in [3.05, 3.63) is 23.9 Å². The molecule has 0 aromatic rings. The van der Waals surface area contributed by atoms with E-state index in [-0.39, 0.29) is 17.0 Å². The average Bonchev–Trinajstić information content (AvgIpc) is 2.04. The summed E-state index contributed by atoms with van der Waals surface area (Å²) in [6, 6.07) is 0. The molecule has 1 aliphatic heterocycles. The van der Waals surface area contributed by atoms with E-state index in [4.69, 9.17) is 0 Å². The lowest BCUT2D eigenvalue weighted by atomic mass is 10.2. The molecule has 1 aliphatic rings. The van der Waals surface area contributed by atoms with E-state index in [1.165, 1.54) is 25.0 Å². The molecule has 2 heteroatoms. The van der Waals surface area contributed by atoms with E-state index in [0.717, 1.165) is 6.54 Å². The van der Waals surface area contributed by atoms with Crippen LogP contribution >= 0.6 is 17.0 Å². The Labute approximate surface area is 85.9 Å². The highest BCUT2D eigenvalue weighted by molar-refractivity contribution is 8.93. The lowest BCUT2D eigenvalue weighted by Gasteiger charge is -2.21. The molecule has 70 valence electrons. The summed E-state index contributed by atoms with van der Waals surface area (Å²) < 4.78 is 0. The molecule has 12 heavy (non-hydrogen) atoms. The molecule has 0 atom stereocenters. The van der Waals surface area contributed by atoms with Gasteiger partial charge in [0, 0.05) is 13.1 Å². The SMILES string of the molecule is Br.CCCCN1C=CC(C)=CC1. The molecule has 1 heterocycles. The summed E-state index contributed by atoms with van der Waals surface area (Å²) in [5.41, 5.74) is 1.39. The fourth-order valence-electron chi connectivity index (χ4n) is 1.14. The standard InChI is InChI=1S/C10H17N.BrH/c1-3-4-7-11-8-5-10(2)6-9-11;/h5-6,8H,3-4,7,9H2,1-2H3;1H. The maximum Gasteiger partial charge on any atom is 0.0359 e. The third-order valence-corrected chi connectivity index (χ3v) is 1.99. The first-order chi connectivity index (χ1) is 5.33. The Bertz CT molecular complexity index is 173. The van der Waals surface area contributed by atoms with E-state index in [0.29, 0.717) is 0 Å². The fourth-order valence-corrected chi connectivity index (χ4v) is 1.14. The number of hydrogen-bond donors (Lipinski definition) is 0. The van der Waals surface area contributed by atoms with Crippen molar-refractivity contribution in [1.82, 2.24) is 4.90 Å². The van der Waals surface area contributed by atoms with Crippen molar-refractivity contribution in [3.8, 4) is 0 Å². The lowest BCUT2D eigenvalue weighted by Crippen LogP contribution is -2.20. The first-order valence-corrected chi connectivity index (χ1v) is 4.42. The average molecular weight is 232 g/mol. The van der Waals surface area contributed by atoms with Crippen LogP contribution in [0.2, 0.25) is 0 Å². The maximum absolute atomic E-state index is 2.36. The summed E-state index contributed by atoms with van der Waals surface area (Å²) >= 11 is 0. The van der Waals surface area contributed by atoms with Crippen LogP contribution in [0.1, 0.15) is 26.7 Å². The number of rotatable bonds is 3. The summed E-state index contributed by atoms with van der Waals surface area (Å²) in [5, 5.41) is 0. The molecule has 0 aromatic heterocycles. The monoisotopic (exact) mass is 231 g/mol. The second-order valence-electron chi connectivity index (χ2n) is 3.11. The smallest absolute Gasteiger partial charge is 0.0359 e. The van der Waals surface area contributed by atoms with Crippen molar-refractivity contribution in [3.63, 3.8) is 0 Å². The van der Waals surface area contributed by atoms with Crippen LogP contribution in [0.25, 0.3) is 0 Å². The van der Waals surface area contributed by atoms with E-state index in [1.807, 2.05) is 0 Å². The summed E-state index contributed by atoms with van der Waals surface area (Å²) in [6.07, 6.45) is 9.24. The Morgan fingerprint density at radius 2 is 2.25 bits per heavy atom. The van der Waals surface area contributed by atoms with Gasteiger partial charge in [-0.05, 0) is 25.6 Å². The molecule has 0 radical (unpaired) electrons. The molecule has 0 unspecified atom stereocenters. The number of unbranched alkanes of at least 4 members (excludes halogenated alkanes) is 1. The molecule has 0 aromatic carbocycles. The highest BCUT2D eigenvalue weighted by Gasteiger charge is 1.99. The van der Waals surface area contributed by atoms with Crippen molar-refractivity contribution in [2.24, 2.45) is 0 Å². The molecule has 0 spiro atoms. The van der Waals surface area contributed by atoms with Gasteiger partial charge in [0.2, 0.25) is 0 Å². The van der Waals surface area contributed by atoms with Crippen LogP contribution in [0.3, 0.4) is 0 Å². The number of halogens is 1. The zero-order valence-electron chi connectivity index (χ0n) is 7.92. The number of allylic oxidation sites excluding steroid dienone is 2. The summed E-state index contributed by atoms with van der Waals surface area (Å²) in [4.78, 5) is 2.36. The first kappa shape index (κ1) is 11.8. The molecule has 0 aliphatic carbocycles. The second-order valence-corrected chi connectivity index (χ2v) is 3.11. The van der Waals surface area contributed by atoms with Crippen LogP contribution in [0.5, 0.6) is 0 Å². The zero-order chi connectivity index (χ0) is 8.10. The van der Waals surface area contributed by atoms with Gasteiger partial charge >= 0.3 is 0 Å². The van der Waals surface area contributed by atoms with Crippen LogP contribution in [0.4, 0.5) is 0 Å². The minimum atomic E-state index is 0. The largest absolute Gasteiger partial charge is 0.374 e. The molecule has 0 saturated carbocycles. The Hall–Kier alpha value is -0.240. The van der Waals surface area contributed by atoms with Crippen LogP contribution < -0.4 is 0 Å². The molecule has 0 fully saturated rings. The molecule has 0 amide bonds. The normalized spacial score (nSPS) is 15.5. The maximum atomic E-state index is 2.36. The van der Waals surface area contributed by atoms with Gasteiger partial charge in [-0.25, -0.2) is 0 Å². The van der Waals surface area contributed by atoms with E-state index >= 15 is 0 Å². The molecule has 1 rings (SSSR count). The van der Waals surface area contributed by atoms with Gasteiger partial charge in [-0.2, -0.15) is 0 Å². The highest BCUT2D eigenvalue weighted by atomic mass is 79.9. The molecule has 0 saturated heterocycles. The fraction of sp³-hybridized carbons (Fsp3) is 0.600.